The quantitative estimate of drug-likeness (QED) is 0.582. The monoisotopic (exact) mass is 377 g/mol. The highest BCUT2D eigenvalue weighted by Gasteiger charge is 2.17. The van der Waals surface area contributed by atoms with Gasteiger partial charge in [0.25, 0.3) is 0 Å². The predicted octanol–water partition coefficient (Wildman–Crippen LogP) is 4.73. The minimum atomic E-state index is 0.157. The number of ether oxygens (including phenoxy) is 2. The molecule has 0 aliphatic carbocycles. The Hall–Kier alpha value is -4.13. The Kier molecular flexibility index (Phi) is 6.22. The van der Waals surface area contributed by atoms with E-state index in [-0.39, 0.29) is 13.2 Å². The van der Waals surface area contributed by atoms with Gasteiger partial charge in [-0.1, -0.05) is 42.0 Å². The molecule has 3 nitrogen and oxygen atoms in total. The van der Waals surface area contributed by atoms with Crippen LogP contribution in [-0.2, 0) is 0 Å². The first-order chi connectivity index (χ1) is 14.2. The average molecular weight is 377 g/mol. The van der Waals surface area contributed by atoms with E-state index in [0.717, 1.165) is 22.4 Å². The van der Waals surface area contributed by atoms with Crippen molar-refractivity contribution < 1.29 is 9.47 Å². The van der Waals surface area contributed by atoms with Crippen molar-refractivity contribution in [2.24, 2.45) is 0 Å². The molecule has 0 saturated heterocycles. The molecule has 0 unspecified atom stereocenters. The molecule has 0 aliphatic heterocycles. The van der Waals surface area contributed by atoms with Crippen LogP contribution in [-0.4, -0.2) is 18.2 Å². The van der Waals surface area contributed by atoms with Crippen LogP contribution in [0, 0.1) is 44.0 Å². The van der Waals surface area contributed by atoms with E-state index in [0.29, 0.717) is 22.8 Å². The van der Waals surface area contributed by atoms with Crippen molar-refractivity contribution in [2.45, 2.75) is 6.92 Å². The molecule has 0 radical (unpaired) electrons. The maximum absolute atomic E-state index is 5.81. The summed E-state index contributed by atoms with van der Waals surface area (Å²) >= 11 is 0. The first-order valence-corrected chi connectivity index (χ1v) is 8.99. The number of rotatable bonds is 6. The molecule has 2 aromatic carbocycles. The molecule has 1 aromatic heterocycles. The van der Waals surface area contributed by atoms with Gasteiger partial charge in [-0.15, -0.1) is 19.3 Å². The second kappa shape index (κ2) is 9.18. The van der Waals surface area contributed by atoms with Crippen LogP contribution in [0.15, 0.2) is 54.6 Å². The Morgan fingerprint density at radius 2 is 1.38 bits per heavy atom. The van der Waals surface area contributed by atoms with Gasteiger partial charge >= 0.3 is 0 Å². The smallest absolute Gasteiger partial charge is 0.148 e. The first-order valence-electron chi connectivity index (χ1n) is 8.99. The summed E-state index contributed by atoms with van der Waals surface area (Å²) in [5.74, 6) is 9.02. The molecule has 3 heteroatoms. The van der Waals surface area contributed by atoms with Gasteiger partial charge in [0.15, 0.2) is 0 Å². The summed E-state index contributed by atoms with van der Waals surface area (Å²) < 4.78 is 11.4. The Labute approximate surface area is 171 Å². The van der Waals surface area contributed by atoms with Crippen LogP contribution in [0.25, 0.3) is 22.5 Å². The van der Waals surface area contributed by atoms with Gasteiger partial charge in [0.2, 0.25) is 0 Å². The standard InChI is InChI=1S/C26H19NO2/c1-5-16-28-24-14-10-8-12-21(24)23-18-19(4)20(7-3)26(27-23)22-13-9-11-15-25(22)29-17-6-2/h1-3,8-15,18H,16-17H2,4H3. The van der Waals surface area contributed by atoms with Crippen molar-refractivity contribution in [3.8, 4) is 71.0 Å². The molecule has 0 N–H and O–H groups in total. The normalized spacial score (nSPS) is 9.72. The first kappa shape index (κ1) is 19.6. The molecule has 0 aliphatic rings. The van der Waals surface area contributed by atoms with Gasteiger partial charge in [-0.3, -0.25) is 0 Å². The largest absolute Gasteiger partial charge is 0.480 e. The van der Waals surface area contributed by atoms with Gasteiger partial charge in [-0.2, -0.15) is 0 Å². The number of nitrogens with zero attached hydrogens (tertiary/aromatic N) is 1. The van der Waals surface area contributed by atoms with E-state index < -0.39 is 0 Å². The molecule has 29 heavy (non-hydrogen) atoms. The zero-order valence-electron chi connectivity index (χ0n) is 16.1. The van der Waals surface area contributed by atoms with E-state index in [4.69, 9.17) is 33.7 Å². The summed E-state index contributed by atoms with van der Waals surface area (Å²) in [6.07, 6.45) is 16.5. The lowest BCUT2D eigenvalue weighted by Crippen LogP contribution is -2.01. The number of hydrogen-bond donors (Lipinski definition) is 0. The summed E-state index contributed by atoms with van der Waals surface area (Å²) in [6.45, 7) is 2.29. The van der Waals surface area contributed by atoms with E-state index in [1.54, 1.807) is 0 Å². The van der Waals surface area contributed by atoms with Crippen molar-refractivity contribution in [3.05, 3.63) is 65.7 Å². The number of terminal acetylenes is 3. The van der Waals surface area contributed by atoms with E-state index in [9.17, 15) is 0 Å². The van der Waals surface area contributed by atoms with Gasteiger partial charge in [0.1, 0.15) is 24.7 Å². The van der Waals surface area contributed by atoms with E-state index in [1.807, 2.05) is 61.5 Å². The van der Waals surface area contributed by atoms with Crippen molar-refractivity contribution >= 4 is 0 Å². The molecule has 0 bridgehead atoms. The molecule has 0 saturated carbocycles. The Balaban J connectivity index is 2.20. The third kappa shape index (κ3) is 4.24. The van der Waals surface area contributed by atoms with Gasteiger partial charge in [0.05, 0.1) is 17.0 Å². The van der Waals surface area contributed by atoms with Gasteiger partial charge in [-0.05, 0) is 42.8 Å². The molecule has 3 rings (SSSR count). The number of para-hydroxylation sites is 2. The second-order valence-corrected chi connectivity index (χ2v) is 6.17. The van der Waals surface area contributed by atoms with E-state index in [1.165, 1.54) is 0 Å². The molecule has 1 heterocycles. The van der Waals surface area contributed by atoms with Crippen molar-refractivity contribution in [2.75, 3.05) is 13.2 Å². The molecular formula is C26H19NO2. The summed E-state index contributed by atoms with van der Waals surface area (Å²) in [7, 11) is 0. The topological polar surface area (TPSA) is 31.4 Å². The summed E-state index contributed by atoms with van der Waals surface area (Å²) in [5, 5.41) is 0. The van der Waals surface area contributed by atoms with E-state index in [2.05, 4.69) is 17.8 Å². The number of benzene rings is 2. The summed E-state index contributed by atoms with van der Waals surface area (Å²) in [6, 6.07) is 17.1. The van der Waals surface area contributed by atoms with Crippen molar-refractivity contribution in [1.29, 1.82) is 0 Å². The molecule has 0 fully saturated rings. The number of aromatic nitrogens is 1. The highest BCUT2D eigenvalue weighted by molar-refractivity contribution is 5.78. The minimum Gasteiger partial charge on any atom is -0.480 e. The van der Waals surface area contributed by atoms with Crippen LogP contribution < -0.4 is 9.47 Å². The number of pyridine rings is 1. The van der Waals surface area contributed by atoms with Gasteiger partial charge in [-0.25, -0.2) is 4.98 Å². The lowest BCUT2D eigenvalue weighted by atomic mass is 9.98. The fourth-order valence-corrected chi connectivity index (χ4v) is 3.02. The van der Waals surface area contributed by atoms with Crippen LogP contribution >= 0.6 is 0 Å². The Morgan fingerprint density at radius 3 is 1.97 bits per heavy atom. The highest BCUT2D eigenvalue weighted by atomic mass is 16.5. The van der Waals surface area contributed by atoms with Crippen LogP contribution in [0.4, 0.5) is 0 Å². The zero-order valence-corrected chi connectivity index (χ0v) is 16.1. The lowest BCUT2D eigenvalue weighted by molar-refractivity contribution is 0.371. The average Bonchev–Trinajstić information content (AvgIpc) is 2.76. The third-order valence-electron chi connectivity index (χ3n) is 4.29. The second-order valence-electron chi connectivity index (χ2n) is 6.17. The molecule has 0 spiro atoms. The van der Waals surface area contributed by atoms with Crippen LogP contribution in [0.2, 0.25) is 0 Å². The summed E-state index contributed by atoms with van der Waals surface area (Å²) in [4.78, 5) is 4.88. The van der Waals surface area contributed by atoms with Crippen LogP contribution in [0.1, 0.15) is 11.1 Å². The van der Waals surface area contributed by atoms with Crippen LogP contribution in [0.5, 0.6) is 11.5 Å². The van der Waals surface area contributed by atoms with Crippen molar-refractivity contribution in [3.63, 3.8) is 0 Å². The van der Waals surface area contributed by atoms with Crippen LogP contribution in [0.3, 0.4) is 0 Å². The molecule has 0 atom stereocenters. The predicted molar refractivity (Wildman–Crippen MR) is 116 cm³/mol. The third-order valence-corrected chi connectivity index (χ3v) is 4.29. The Morgan fingerprint density at radius 1 is 0.828 bits per heavy atom. The fraction of sp³-hybridized carbons (Fsp3) is 0.115. The number of hydrogen-bond acceptors (Lipinski definition) is 3. The van der Waals surface area contributed by atoms with Gasteiger partial charge < -0.3 is 9.47 Å². The fourth-order valence-electron chi connectivity index (χ4n) is 3.02. The molecular weight excluding hydrogens is 358 g/mol. The SMILES string of the molecule is C#CCOc1ccccc1-c1cc(C)c(C#C)c(-c2ccccc2OCC#C)n1. The van der Waals surface area contributed by atoms with Crippen molar-refractivity contribution in [1.82, 2.24) is 4.98 Å². The maximum Gasteiger partial charge on any atom is 0.148 e. The minimum absolute atomic E-state index is 0.157. The summed E-state index contributed by atoms with van der Waals surface area (Å²) in [5.41, 5.74) is 4.62. The molecule has 140 valence electrons. The molecule has 0 amide bonds. The number of aryl methyl sites for hydroxylation is 1. The van der Waals surface area contributed by atoms with Gasteiger partial charge in [0, 0.05) is 11.1 Å². The Bertz CT molecular complexity index is 1160. The zero-order chi connectivity index (χ0) is 20.6. The molecule has 3 aromatic rings. The highest BCUT2D eigenvalue weighted by Crippen LogP contribution is 2.36. The lowest BCUT2D eigenvalue weighted by Gasteiger charge is -2.15. The maximum atomic E-state index is 5.81. The van der Waals surface area contributed by atoms with E-state index >= 15 is 0 Å².